The van der Waals surface area contributed by atoms with Crippen LogP contribution in [0, 0.1) is 0 Å². The maximum absolute atomic E-state index is 12.4. The summed E-state index contributed by atoms with van der Waals surface area (Å²) in [5.41, 5.74) is 4.23. The predicted molar refractivity (Wildman–Crippen MR) is 96.9 cm³/mol. The van der Waals surface area contributed by atoms with Gasteiger partial charge in [-0.2, -0.15) is 0 Å². The van der Waals surface area contributed by atoms with Gasteiger partial charge in [0.1, 0.15) is 0 Å². The van der Waals surface area contributed by atoms with Crippen LogP contribution in [0.5, 0.6) is 0 Å². The minimum atomic E-state index is -0.563. The number of nitrogens with one attached hydrogen (secondary N) is 1. The van der Waals surface area contributed by atoms with Crippen molar-refractivity contribution in [3.8, 4) is 11.1 Å². The second-order valence-electron chi connectivity index (χ2n) is 5.70. The van der Waals surface area contributed by atoms with Crippen LogP contribution in [-0.2, 0) is 0 Å². The zero-order valence-corrected chi connectivity index (χ0v) is 13.4. The molecule has 0 radical (unpaired) electrons. The molecule has 3 nitrogen and oxygen atoms in total. The Labute approximate surface area is 141 Å². The van der Waals surface area contributed by atoms with Gasteiger partial charge in [0.25, 0.3) is 5.91 Å². The van der Waals surface area contributed by atoms with Gasteiger partial charge in [0.15, 0.2) is 0 Å². The topological polar surface area (TPSA) is 49.3 Å². The minimum Gasteiger partial charge on any atom is -0.389 e. The van der Waals surface area contributed by atoms with Crippen LogP contribution in [0.15, 0.2) is 78.9 Å². The average molecular weight is 317 g/mol. The molecule has 0 spiro atoms. The first-order valence-electron chi connectivity index (χ1n) is 7.88. The van der Waals surface area contributed by atoms with E-state index in [-0.39, 0.29) is 5.91 Å². The van der Waals surface area contributed by atoms with E-state index in [1.807, 2.05) is 72.8 Å². The van der Waals surface area contributed by atoms with E-state index in [4.69, 9.17) is 0 Å². The van der Waals surface area contributed by atoms with Gasteiger partial charge < -0.3 is 10.4 Å². The molecule has 24 heavy (non-hydrogen) atoms. The molecule has 0 saturated carbocycles. The number of aliphatic hydroxyl groups is 1. The van der Waals surface area contributed by atoms with Gasteiger partial charge in [-0.15, -0.1) is 0 Å². The van der Waals surface area contributed by atoms with E-state index >= 15 is 0 Å². The lowest BCUT2D eigenvalue weighted by atomic mass is 10.0. The van der Waals surface area contributed by atoms with Crippen LogP contribution < -0.4 is 5.32 Å². The molecule has 3 heteroatoms. The summed E-state index contributed by atoms with van der Waals surface area (Å²) in [6.45, 7) is 1.70. The van der Waals surface area contributed by atoms with Crippen molar-refractivity contribution in [3.05, 3.63) is 90.0 Å². The summed E-state index contributed by atoms with van der Waals surface area (Å²) in [5.74, 6) is -0.169. The highest BCUT2D eigenvalue weighted by Crippen LogP contribution is 2.21. The molecule has 0 heterocycles. The zero-order valence-electron chi connectivity index (χ0n) is 13.4. The van der Waals surface area contributed by atoms with Gasteiger partial charge in [0.05, 0.1) is 6.10 Å². The largest absolute Gasteiger partial charge is 0.389 e. The Morgan fingerprint density at radius 3 is 2.21 bits per heavy atom. The SMILES string of the molecule is C[C@@H](O)c1cccc(NC(=O)c2ccc(-c3ccccc3)cc2)c1. The highest BCUT2D eigenvalue weighted by atomic mass is 16.3. The van der Waals surface area contributed by atoms with Crippen molar-refractivity contribution < 1.29 is 9.90 Å². The van der Waals surface area contributed by atoms with Gasteiger partial charge in [-0.1, -0.05) is 54.6 Å². The van der Waals surface area contributed by atoms with Crippen LogP contribution in [0.4, 0.5) is 5.69 Å². The van der Waals surface area contributed by atoms with Crippen molar-refractivity contribution in [1.82, 2.24) is 0 Å². The Hall–Kier alpha value is -2.91. The number of hydrogen-bond acceptors (Lipinski definition) is 2. The first-order valence-corrected chi connectivity index (χ1v) is 7.88. The molecule has 0 aliphatic carbocycles. The summed E-state index contributed by atoms with van der Waals surface area (Å²) >= 11 is 0. The monoisotopic (exact) mass is 317 g/mol. The molecule has 0 unspecified atom stereocenters. The third-order valence-electron chi connectivity index (χ3n) is 3.88. The second-order valence-corrected chi connectivity index (χ2v) is 5.70. The van der Waals surface area contributed by atoms with Crippen LogP contribution in [0.2, 0.25) is 0 Å². The van der Waals surface area contributed by atoms with E-state index in [0.717, 1.165) is 16.7 Å². The van der Waals surface area contributed by atoms with Crippen molar-refractivity contribution >= 4 is 11.6 Å². The second kappa shape index (κ2) is 7.11. The molecule has 0 bridgehead atoms. The highest BCUT2D eigenvalue weighted by molar-refractivity contribution is 6.04. The number of carbonyl (C=O) groups is 1. The molecule has 0 aromatic heterocycles. The summed E-state index contributed by atoms with van der Waals surface area (Å²) in [6.07, 6.45) is -0.563. The molecule has 3 aromatic rings. The lowest BCUT2D eigenvalue weighted by Gasteiger charge is -2.09. The first kappa shape index (κ1) is 16.0. The summed E-state index contributed by atoms with van der Waals surface area (Å²) in [5, 5.41) is 12.5. The number of carbonyl (C=O) groups excluding carboxylic acids is 1. The number of benzene rings is 3. The fourth-order valence-corrected chi connectivity index (χ4v) is 2.52. The molecule has 120 valence electrons. The van der Waals surface area contributed by atoms with Crippen molar-refractivity contribution in [1.29, 1.82) is 0 Å². The molecule has 3 rings (SSSR count). The minimum absolute atomic E-state index is 0.169. The van der Waals surface area contributed by atoms with Crippen LogP contribution >= 0.6 is 0 Å². The van der Waals surface area contributed by atoms with Gasteiger partial charge in [-0.05, 0) is 47.9 Å². The number of amides is 1. The van der Waals surface area contributed by atoms with Crippen LogP contribution in [0.25, 0.3) is 11.1 Å². The Morgan fingerprint density at radius 1 is 0.875 bits per heavy atom. The average Bonchev–Trinajstić information content (AvgIpc) is 2.63. The zero-order chi connectivity index (χ0) is 16.9. The van der Waals surface area contributed by atoms with E-state index in [1.54, 1.807) is 13.0 Å². The molecule has 0 saturated heterocycles. The molecule has 1 amide bonds. The molecule has 0 aliphatic rings. The Bertz CT molecular complexity index is 824. The van der Waals surface area contributed by atoms with Gasteiger partial charge in [-0.3, -0.25) is 4.79 Å². The smallest absolute Gasteiger partial charge is 0.255 e. The fraction of sp³-hybridized carbons (Fsp3) is 0.0952. The van der Waals surface area contributed by atoms with Crippen molar-refractivity contribution in [2.24, 2.45) is 0 Å². The maximum atomic E-state index is 12.4. The van der Waals surface area contributed by atoms with Gasteiger partial charge in [-0.25, -0.2) is 0 Å². The molecule has 2 N–H and O–H groups in total. The Morgan fingerprint density at radius 2 is 1.54 bits per heavy atom. The third kappa shape index (κ3) is 3.70. The number of hydrogen-bond donors (Lipinski definition) is 2. The van der Waals surface area contributed by atoms with Crippen LogP contribution in [0.3, 0.4) is 0 Å². The molecular weight excluding hydrogens is 298 g/mol. The third-order valence-corrected chi connectivity index (χ3v) is 3.88. The molecule has 3 aromatic carbocycles. The first-order chi connectivity index (χ1) is 11.6. The summed E-state index contributed by atoms with van der Waals surface area (Å²) in [4.78, 5) is 12.4. The Kier molecular flexibility index (Phi) is 4.73. The standard InChI is InChI=1S/C21H19NO2/c1-15(23)19-8-5-9-20(14-19)22-21(24)18-12-10-17(11-13-18)16-6-3-2-4-7-16/h2-15,23H,1H3,(H,22,24)/t15-/m1/s1. The lowest BCUT2D eigenvalue weighted by Crippen LogP contribution is -2.12. The molecule has 0 aliphatic heterocycles. The van der Waals surface area contributed by atoms with Gasteiger partial charge in [0, 0.05) is 11.3 Å². The lowest BCUT2D eigenvalue weighted by molar-refractivity contribution is 0.102. The summed E-state index contributed by atoms with van der Waals surface area (Å²) < 4.78 is 0. The van der Waals surface area contributed by atoms with Gasteiger partial charge >= 0.3 is 0 Å². The van der Waals surface area contributed by atoms with Gasteiger partial charge in [0.2, 0.25) is 0 Å². The maximum Gasteiger partial charge on any atom is 0.255 e. The molecule has 1 atom stereocenters. The van der Waals surface area contributed by atoms with Crippen molar-refractivity contribution in [3.63, 3.8) is 0 Å². The molecular formula is C21H19NO2. The van der Waals surface area contributed by atoms with E-state index in [2.05, 4.69) is 5.32 Å². The number of aliphatic hydroxyl groups excluding tert-OH is 1. The summed E-state index contributed by atoms with van der Waals surface area (Å²) in [6, 6.07) is 24.8. The van der Waals surface area contributed by atoms with E-state index in [9.17, 15) is 9.90 Å². The predicted octanol–water partition coefficient (Wildman–Crippen LogP) is 4.66. The van der Waals surface area contributed by atoms with E-state index in [0.29, 0.717) is 11.3 Å². The van der Waals surface area contributed by atoms with Crippen LogP contribution in [0.1, 0.15) is 28.9 Å². The fourth-order valence-electron chi connectivity index (χ4n) is 2.52. The number of anilines is 1. The quantitative estimate of drug-likeness (QED) is 0.735. The number of rotatable bonds is 4. The highest BCUT2D eigenvalue weighted by Gasteiger charge is 2.08. The molecule has 0 fully saturated rings. The Balaban J connectivity index is 1.75. The van der Waals surface area contributed by atoms with E-state index in [1.165, 1.54) is 0 Å². The van der Waals surface area contributed by atoms with E-state index < -0.39 is 6.10 Å². The van der Waals surface area contributed by atoms with Crippen molar-refractivity contribution in [2.75, 3.05) is 5.32 Å². The van der Waals surface area contributed by atoms with Crippen molar-refractivity contribution in [2.45, 2.75) is 13.0 Å². The summed E-state index contributed by atoms with van der Waals surface area (Å²) in [7, 11) is 0. The normalized spacial score (nSPS) is 11.8. The van der Waals surface area contributed by atoms with Crippen LogP contribution in [-0.4, -0.2) is 11.0 Å².